The number of benzene rings is 2. The molecule has 0 radical (unpaired) electrons. The van der Waals surface area contributed by atoms with Crippen LogP contribution >= 0.6 is 0 Å². The highest BCUT2D eigenvalue weighted by Crippen LogP contribution is 2.40. The molecule has 3 heteroatoms. The fraction of sp³-hybridized carbons (Fsp3) is 0.238. The molecular formula is C21H20O3. The lowest BCUT2D eigenvalue weighted by Gasteiger charge is -2.29. The molecule has 0 unspecified atom stereocenters. The Morgan fingerprint density at radius 1 is 1.04 bits per heavy atom. The lowest BCUT2D eigenvalue weighted by molar-refractivity contribution is -0.151. The number of esters is 1. The second kappa shape index (κ2) is 7.26. The van der Waals surface area contributed by atoms with Gasteiger partial charge in [0.15, 0.2) is 5.78 Å². The standard InChI is InChI=1S/C21H20O3/c1-2-24-21(23)20-18(16-11-7-4-8-12-16)13-17(14-19(20)22)15-9-5-3-6-10-15/h3-12,14,18,20H,2,13H2,1H3/t18-,20-/m0/s1. The molecule has 122 valence electrons. The van der Waals surface area contributed by atoms with Crippen LogP contribution in [0.2, 0.25) is 0 Å². The number of hydrogen-bond donors (Lipinski definition) is 0. The molecule has 2 aromatic rings. The van der Waals surface area contributed by atoms with Gasteiger partial charge < -0.3 is 4.74 Å². The number of allylic oxidation sites excluding steroid dienone is 2. The van der Waals surface area contributed by atoms with Crippen LogP contribution in [0.3, 0.4) is 0 Å². The second-order valence-electron chi connectivity index (χ2n) is 5.89. The smallest absolute Gasteiger partial charge is 0.317 e. The van der Waals surface area contributed by atoms with E-state index in [4.69, 9.17) is 4.74 Å². The SMILES string of the molecule is CCOC(=O)[C@@H]1C(=O)C=C(c2ccccc2)C[C@H]1c1ccccc1. The van der Waals surface area contributed by atoms with Crippen LogP contribution in [0.5, 0.6) is 0 Å². The lowest BCUT2D eigenvalue weighted by Crippen LogP contribution is -2.34. The zero-order chi connectivity index (χ0) is 16.9. The van der Waals surface area contributed by atoms with E-state index in [1.807, 2.05) is 60.7 Å². The van der Waals surface area contributed by atoms with Crippen molar-refractivity contribution in [2.45, 2.75) is 19.3 Å². The summed E-state index contributed by atoms with van der Waals surface area (Å²) < 4.78 is 5.16. The first-order chi connectivity index (χ1) is 11.7. The average molecular weight is 320 g/mol. The molecular weight excluding hydrogens is 300 g/mol. The van der Waals surface area contributed by atoms with Crippen LogP contribution in [0.1, 0.15) is 30.4 Å². The molecule has 0 aliphatic heterocycles. The molecule has 0 saturated carbocycles. The molecule has 0 bridgehead atoms. The van der Waals surface area contributed by atoms with Gasteiger partial charge >= 0.3 is 5.97 Å². The summed E-state index contributed by atoms with van der Waals surface area (Å²) in [5.74, 6) is -1.56. The minimum absolute atomic E-state index is 0.174. The van der Waals surface area contributed by atoms with Crippen molar-refractivity contribution in [3.63, 3.8) is 0 Å². The van der Waals surface area contributed by atoms with E-state index in [0.29, 0.717) is 6.42 Å². The topological polar surface area (TPSA) is 43.4 Å². The maximum Gasteiger partial charge on any atom is 0.317 e. The quantitative estimate of drug-likeness (QED) is 0.631. The molecule has 1 aliphatic carbocycles. The zero-order valence-corrected chi connectivity index (χ0v) is 13.6. The van der Waals surface area contributed by atoms with E-state index >= 15 is 0 Å². The van der Waals surface area contributed by atoms with Crippen LogP contribution in [-0.4, -0.2) is 18.4 Å². The summed E-state index contributed by atoms with van der Waals surface area (Å²) in [7, 11) is 0. The van der Waals surface area contributed by atoms with Crippen molar-refractivity contribution in [2.75, 3.05) is 6.61 Å². The van der Waals surface area contributed by atoms with Crippen molar-refractivity contribution >= 4 is 17.3 Å². The molecule has 3 nitrogen and oxygen atoms in total. The summed E-state index contributed by atoms with van der Waals surface area (Å²) in [6, 6.07) is 19.6. The molecule has 0 spiro atoms. The molecule has 24 heavy (non-hydrogen) atoms. The van der Waals surface area contributed by atoms with E-state index in [1.165, 1.54) is 0 Å². The van der Waals surface area contributed by atoms with E-state index in [9.17, 15) is 9.59 Å². The Bertz CT molecular complexity index is 747. The predicted molar refractivity (Wildman–Crippen MR) is 93.3 cm³/mol. The highest BCUT2D eigenvalue weighted by atomic mass is 16.5. The largest absolute Gasteiger partial charge is 0.465 e. The van der Waals surface area contributed by atoms with Gasteiger partial charge in [-0.05, 0) is 36.1 Å². The normalized spacial score (nSPS) is 20.4. The predicted octanol–water partition coefficient (Wildman–Crippen LogP) is 4.01. The maximum atomic E-state index is 12.7. The second-order valence-corrected chi connectivity index (χ2v) is 5.89. The Balaban J connectivity index is 2.00. The van der Waals surface area contributed by atoms with Crippen molar-refractivity contribution in [1.82, 2.24) is 0 Å². The minimum Gasteiger partial charge on any atom is -0.465 e. The summed E-state index contributed by atoms with van der Waals surface area (Å²) in [6.07, 6.45) is 2.25. The number of rotatable bonds is 4. The van der Waals surface area contributed by atoms with Crippen LogP contribution in [0.4, 0.5) is 0 Å². The lowest BCUT2D eigenvalue weighted by atomic mass is 9.73. The van der Waals surface area contributed by atoms with Gasteiger partial charge in [0, 0.05) is 5.92 Å². The molecule has 2 aromatic carbocycles. The third-order valence-corrected chi connectivity index (χ3v) is 4.38. The summed E-state index contributed by atoms with van der Waals surface area (Å²) in [5.41, 5.74) is 2.98. The fourth-order valence-corrected chi connectivity index (χ4v) is 3.25. The van der Waals surface area contributed by atoms with Crippen molar-refractivity contribution in [3.05, 3.63) is 77.9 Å². The Hall–Kier alpha value is -2.68. The maximum absolute atomic E-state index is 12.7. The van der Waals surface area contributed by atoms with Crippen molar-refractivity contribution in [2.24, 2.45) is 5.92 Å². The van der Waals surface area contributed by atoms with Crippen LogP contribution in [0.15, 0.2) is 66.7 Å². The van der Waals surface area contributed by atoms with Crippen molar-refractivity contribution in [3.8, 4) is 0 Å². The third kappa shape index (κ3) is 3.30. The van der Waals surface area contributed by atoms with Crippen LogP contribution in [0.25, 0.3) is 5.57 Å². The van der Waals surface area contributed by atoms with Gasteiger partial charge in [-0.25, -0.2) is 0 Å². The zero-order valence-electron chi connectivity index (χ0n) is 13.6. The molecule has 0 heterocycles. The Labute approximate surface area is 142 Å². The van der Waals surface area contributed by atoms with Crippen LogP contribution in [0, 0.1) is 5.92 Å². The first-order valence-corrected chi connectivity index (χ1v) is 8.22. The van der Waals surface area contributed by atoms with Gasteiger partial charge in [-0.1, -0.05) is 60.7 Å². The van der Waals surface area contributed by atoms with Crippen molar-refractivity contribution in [1.29, 1.82) is 0 Å². The highest BCUT2D eigenvalue weighted by Gasteiger charge is 2.39. The van der Waals surface area contributed by atoms with Gasteiger partial charge in [-0.2, -0.15) is 0 Å². The Morgan fingerprint density at radius 2 is 1.67 bits per heavy atom. The molecule has 0 amide bonds. The fourth-order valence-electron chi connectivity index (χ4n) is 3.25. The summed E-state index contributed by atoms with van der Waals surface area (Å²) in [4.78, 5) is 25.1. The Kier molecular flexibility index (Phi) is 4.90. The van der Waals surface area contributed by atoms with Gasteiger partial charge in [0.25, 0.3) is 0 Å². The van der Waals surface area contributed by atoms with Gasteiger partial charge in [0.2, 0.25) is 0 Å². The highest BCUT2D eigenvalue weighted by molar-refractivity contribution is 6.10. The summed E-state index contributed by atoms with van der Waals surface area (Å²) in [5, 5.41) is 0. The summed E-state index contributed by atoms with van der Waals surface area (Å²) >= 11 is 0. The van der Waals surface area contributed by atoms with E-state index in [2.05, 4.69) is 0 Å². The number of carbonyl (C=O) groups excluding carboxylic acids is 2. The minimum atomic E-state index is -0.764. The van der Waals surface area contributed by atoms with E-state index in [0.717, 1.165) is 16.7 Å². The van der Waals surface area contributed by atoms with Crippen molar-refractivity contribution < 1.29 is 14.3 Å². The monoisotopic (exact) mass is 320 g/mol. The number of ketones is 1. The van der Waals surface area contributed by atoms with Crippen LogP contribution < -0.4 is 0 Å². The first kappa shape index (κ1) is 16.2. The molecule has 0 saturated heterocycles. The average Bonchev–Trinajstić information content (AvgIpc) is 2.62. The Morgan fingerprint density at radius 3 is 2.29 bits per heavy atom. The summed E-state index contributed by atoms with van der Waals surface area (Å²) in [6.45, 7) is 2.04. The molecule has 0 N–H and O–H groups in total. The molecule has 0 aromatic heterocycles. The van der Waals surface area contributed by atoms with E-state index in [-0.39, 0.29) is 18.3 Å². The van der Waals surface area contributed by atoms with Gasteiger partial charge in [-0.3, -0.25) is 9.59 Å². The van der Waals surface area contributed by atoms with E-state index in [1.54, 1.807) is 13.0 Å². The molecule has 3 rings (SSSR count). The molecule has 1 aliphatic rings. The van der Waals surface area contributed by atoms with Gasteiger partial charge in [0.1, 0.15) is 5.92 Å². The van der Waals surface area contributed by atoms with Gasteiger partial charge in [0.05, 0.1) is 6.61 Å². The van der Waals surface area contributed by atoms with Crippen LogP contribution in [-0.2, 0) is 14.3 Å². The van der Waals surface area contributed by atoms with E-state index < -0.39 is 11.9 Å². The molecule has 0 fully saturated rings. The third-order valence-electron chi connectivity index (χ3n) is 4.38. The van der Waals surface area contributed by atoms with Gasteiger partial charge in [-0.15, -0.1) is 0 Å². The number of hydrogen-bond acceptors (Lipinski definition) is 3. The number of ether oxygens (including phenoxy) is 1. The first-order valence-electron chi connectivity index (χ1n) is 8.22. The molecule has 2 atom stereocenters. The number of carbonyl (C=O) groups is 2.